The number of hydrogen-bond donors (Lipinski definition) is 2. The molecule has 0 saturated heterocycles. The van der Waals surface area contributed by atoms with Crippen LogP contribution in [0.3, 0.4) is 0 Å². The molecule has 0 atom stereocenters. The number of amides is 1. The van der Waals surface area contributed by atoms with Crippen molar-refractivity contribution < 1.29 is 14.3 Å². The molecule has 1 aromatic heterocycles. The Morgan fingerprint density at radius 2 is 1.88 bits per heavy atom. The monoisotopic (exact) mass is 467 g/mol. The number of nitrogens with one attached hydrogen (secondary N) is 1. The second-order valence-corrected chi connectivity index (χ2v) is 10.0. The standard InChI is InChI=1S/C26H23ClFNO2S/c1-26(2,15-30)29-25(31)19-7-3-5-17(12-19)23-8-4-6-18-13-22(32-24(18)23)11-16-9-20(27)14-21(28)10-16/h3-10,12-14,30H,11,15H2,1-2H3,(H,29,31). The van der Waals surface area contributed by atoms with Crippen molar-refractivity contribution in [3.8, 4) is 11.1 Å². The number of aliphatic hydroxyl groups is 1. The number of fused-ring (bicyclic) bond motifs is 1. The first kappa shape index (κ1) is 22.5. The van der Waals surface area contributed by atoms with Gasteiger partial charge in [0.15, 0.2) is 0 Å². The third-order valence-electron chi connectivity index (χ3n) is 5.18. The Kier molecular flexibility index (Phi) is 6.33. The van der Waals surface area contributed by atoms with Crippen molar-refractivity contribution in [2.45, 2.75) is 25.8 Å². The summed E-state index contributed by atoms with van der Waals surface area (Å²) in [5, 5.41) is 13.8. The minimum Gasteiger partial charge on any atom is -0.394 e. The van der Waals surface area contributed by atoms with Gasteiger partial charge >= 0.3 is 0 Å². The van der Waals surface area contributed by atoms with Crippen LogP contribution in [0.4, 0.5) is 4.39 Å². The smallest absolute Gasteiger partial charge is 0.251 e. The van der Waals surface area contributed by atoms with Gasteiger partial charge in [-0.25, -0.2) is 4.39 Å². The predicted octanol–water partition coefficient (Wildman–Crippen LogP) is 6.45. The zero-order chi connectivity index (χ0) is 22.9. The van der Waals surface area contributed by atoms with Crippen LogP contribution < -0.4 is 5.32 Å². The molecule has 164 valence electrons. The Balaban J connectivity index is 1.67. The van der Waals surface area contributed by atoms with Crippen LogP contribution in [0.25, 0.3) is 21.2 Å². The lowest BCUT2D eigenvalue weighted by atomic mass is 10.0. The summed E-state index contributed by atoms with van der Waals surface area (Å²) in [7, 11) is 0. The predicted molar refractivity (Wildman–Crippen MR) is 130 cm³/mol. The van der Waals surface area contributed by atoms with E-state index in [1.807, 2.05) is 30.3 Å². The van der Waals surface area contributed by atoms with Gasteiger partial charge in [0, 0.05) is 26.6 Å². The maximum absolute atomic E-state index is 13.7. The molecule has 0 aliphatic rings. The number of thiophene rings is 1. The van der Waals surface area contributed by atoms with Crippen LogP contribution in [0.15, 0.2) is 66.7 Å². The molecule has 0 aliphatic carbocycles. The van der Waals surface area contributed by atoms with Crippen molar-refractivity contribution in [1.29, 1.82) is 0 Å². The van der Waals surface area contributed by atoms with Gasteiger partial charge in [0.05, 0.1) is 12.1 Å². The molecular formula is C26H23ClFNO2S. The zero-order valence-electron chi connectivity index (χ0n) is 17.8. The Labute approximate surface area is 195 Å². The van der Waals surface area contributed by atoms with Gasteiger partial charge in [0.1, 0.15) is 5.82 Å². The summed E-state index contributed by atoms with van der Waals surface area (Å²) in [6, 6.07) is 20.3. The average Bonchev–Trinajstić information content (AvgIpc) is 3.15. The lowest BCUT2D eigenvalue weighted by Crippen LogP contribution is -2.46. The molecule has 4 aromatic rings. The Morgan fingerprint density at radius 3 is 2.62 bits per heavy atom. The topological polar surface area (TPSA) is 49.3 Å². The van der Waals surface area contributed by atoms with Gasteiger partial charge < -0.3 is 10.4 Å². The molecule has 0 unspecified atom stereocenters. The minimum absolute atomic E-state index is 0.147. The van der Waals surface area contributed by atoms with Gasteiger partial charge in [-0.15, -0.1) is 11.3 Å². The number of aliphatic hydroxyl groups excluding tert-OH is 1. The number of benzene rings is 3. The van der Waals surface area contributed by atoms with Crippen molar-refractivity contribution in [2.75, 3.05) is 6.61 Å². The molecule has 0 radical (unpaired) electrons. The number of rotatable bonds is 6. The number of carbonyl (C=O) groups excluding carboxylic acids is 1. The van der Waals surface area contributed by atoms with Crippen LogP contribution >= 0.6 is 22.9 Å². The molecule has 3 nitrogen and oxygen atoms in total. The fourth-order valence-electron chi connectivity index (χ4n) is 3.59. The Hall–Kier alpha value is -2.73. The maximum Gasteiger partial charge on any atom is 0.251 e. The van der Waals surface area contributed by atoms with E-state index in [2.05, 4.69) is 17.4 Å². The summed E-state index contributed by atoms with van der Waals surface area (Å²) >= 11 is 7.66. The summed E-state index contributed by atoms with van der Waals surface area (Å²) in [6.07, 6.45) is 0.592. The van der Waals surface area contributed by atoms with Gasteiger partial charge in [-0.05, 0) is 72.3 Å². The van der Waals surface area contributed by atoms with Crippen LogP contribution in [0.1, 0.15) is 34.6 Å². The Bertz CT molecular complexity index is 1280. The van der Waals surface area contributed by atoms with E-state index in [0.717, 1.165) is 31.7 Å². The SMILES string of the molecule is CC(C)(CO)NC(=O)c1cccc(-c2cccc3cc(Cc4cc(F)cc(Cl)c4)sc23)c1. The van der Waals surface area contributed by atoms with E-state index in [1.54, 1.807) is 37.3 Å². The first-order chi connectivity index (χ1) is 15.2. The summed E-state index contributed by atoms with van der Waals surface area (Å²) in [5.41, 5.74) is 2.63. The van der Waals surface area contributed by atoms with Crippen LogP contribution in [-0.2, 0) is 6.42 Å². The van der Waals surface area contributed by atoms with Gasteiger partial charge in [0.2, 0.25) is 0 Å². The van der Waals surface area contributed by atoms with Gasteiger partial charge in [-0.1, -0.05) is 41.9 Å². The van der Waals surface area contributed by atoms with E-state index in [9.17, 15) is 14.3 Å². The highest BCUT2D eigenvalue weighted by molar-refractivity contribution is 7.19. The average molecular weight is 468 g/mol. The third-order valence-corrected chi connectivity index (χ3v) is 6.58. The molecule has 0 bridgehead atoms. The summed E-state index contributed by atoms with van der Waals surface area (Å²) in [4.78, 5) is 13.8. The minimum atomic E-state index is -0.699. The van der Waals surface area contributed by atoms with Crippen molar-refractivity contribution in [2.24, 2.45) is 0 Å². The van der Waals surface area contributed by atoms with Crippen LogP contribution in [0.2, 0.25) is 5.02 Å². The fraction of sp³-hybridized carbons (Fsp3) is 0.192. The van der Waals surface area contributed by atoms with E-state index in [0.29, 0.717) is 17.0 Å². The molecule has 0 fully saturated rings. The lowest BCUT2D eigenvalue weighted by Gasteiger charge is -2.23. The number of hydrogen-bond acceptors (Lipinski definition) is 3. The first-order valence-corrected chi connectivity index (χ1v) is 11.4. The second kappa shape index (κ2) is 9.02. The number of carbonyl (C=O) groups is 1. The molecule has 6 heteroatoms. The van der Waals surface area contributed by atoms with Crippen LogP contribution in [-0.4, -0.2) is 23.2 Å². The molecule has 2 N–H and O–H groups in total. The molecule has 32 heavy (non-hydrogen) atoms. The molecular weight excluding hydrogens is 445 g/mol. The quantitative estimate of drug-likeness (QED) is 0.342. The third kappa shape index (κ3) is 5.01. The summed E-state index contributed by atoms with van der Waals surface area (Å²) in [6.45, 7) is 3.40. The maximum atomic E-state index is 13.7. The molecule has 0 spiro atoms. The van der Waals surface area contributed by atoms with Crippen molar-refractivity contribution in [3.63, 3.8) is 0 Å². The second-order valence-electron chi connectivity index (χ2n) is 8.47. The van der Waals surface area contributed by atoms with E-state index in [1.165, 1.54) is 12.1 Å². The summed E-state index contributed by atoms with van der Waals surface area (Å²) < 4.78 is 14.8. The molecule has 0 saturated carbocycles. The van der Waals surface area contributed by atoms with E-state index >= 15 is 0 Å². The molecule has 3 aromatic carbocycles. The van der Waals surface area contributed by atoms with Crippen molar-refractivity contribution >= 4 is 38.9 Å². The molecule has 4 rings (SSSR count). The normalized spacial score (nSPS) is 11.7. The lowest BCUT2D eigenvalue weighted by molar-refractivity contribution is 0.0869. The highest BCUT2D eigenvalue weighted by Crippen LogP contribution is 2.36. The first-order valence-electron chi connectivity index (χ1n) is 10.2. The van der Waals surface area contributed by atoms with Gasteiger partial charge in [-0.2, -0.15) is 0 Å². The largest absolute Gasteiger partial charge is 0.394 e. The van der Waals surface area contributed by atoms with Crippen LogP contribution in [0.5, 0.6) is 0 Å². The molecule has 1 heterocycles. The molecule has 1 amide bonds. The summed E-state index contributed by atoms with van der Waals surface area (Å²) in [5.74, 6) is -0.568. The molecule has 0 aliphatic heterocycles. The van der Waals surface area contributed by atoms with E-state index in [4.69, 9.17) is 11.6 Å². The van der Waals surface area contributed by atoms with Gasteiger partial charge in [-0.3, -0.25) is 4.79 Å². The Morgan fingerprint density at radius 1 is 1.09 bits per heavy atom. The van der Waals surface area contributed by atoms with Crippen molar-refractivity contribution in [3.05, 3.63) is 93.6 Å². The van der Waals surface area contributed by atoms with E-state index < -0.39 is 5.54 Å². The highest BCUT2D eigenvalue weighted by Gasteiger charge is 2.20. The van der Waals surface area contributed by atoms with Crippen LogP contribution in [0, 0.1) is 5.82 Å². The number of halogens is 2. The van der Waals surface area contributed by atoms with Gasteiger partial charge in [0.25, 0.3) is 5.91 Å². The highest BCUT2D eigenvalue weighted by atomic mass is 35.5. The van der Waals surface area contributed by atoms with E-state index in [-0.39, 0.29) is 18.3 Å². The zero-order valence-corrected chi connectivity index (χ0v) is 19.4. The fourth-order valence-corrected chi connectivity index (χ4v) is 5.06. The van der Waals surface area contributed by atoms with Crippen molar-refractivity contribution in [1.82, 2.24) is 5.32 Å².